The van der Waals surface area contributed by atoms with Crippen LogP contribution in [0.4, 0.5) is 4.39 Å². The van der Waals surface area contributed by atoms with Crippen molar-refractivity contribution in [1.82, 2.24) is 10.3 Å². The molecule has 31 heavy (non-hydrogen) atoms. The molecule has 6 heteroatoms. The number of halogens is 1. The van der Waals surface area contributed by atoms with Crippen molar-refractivity contribution in [3.8, 4) is 17.0 Å². The third kappa shape index (κ3) is 4.75. The minimum absolute atomic E-state index is 0.151. The van der Waals surface area contributed by atoms with Gasteiger partial charge in [-0.3, -0.25) is 4.79 Å². The van der Waals surface area contributed by atoms with Crippen LogP contribution in [0.1, 0.15) is 17.3 Å². The predicted molar refractivity (Wildman–Crippen MR) is 124 cm³/mol. The average molecular weight is 435 g/mol. The second kappa shape index (κ2) is 9.71. The maximum Gasteiger partial charge on any atom is 0.255 e. The van der Waals surface area contributed by atoms with Gasteiger partial charge in [0.05, 0.1) is 17.9 Å². The molecule has 1 amide bonds. The number of para-hydroxylation sites is 2. The number of carbonyl (C=O) groups is 1. The first kappa shape index (κ1) is 21.0. The first-order valence-corrected chi connectivity index (χ1v) is 11.2. The molecule has 1 heterocycles. The molecule has 0 aliphatic carbocycles. The van der Waals surface area contributed by atoms with Gasteiger partial charge in [-0.2, -0.15) is 0 Å². The minimum Gasteiger partial charge on any atom is -0.493 e. The molecule has 1 aromatic heterocycles. The van der Waals surface area contributed by atoms with Crippen LogP contribution in [0.2, 0.25) is 0 Å². The lowest BCUT2D eigenvalue weighted by molar-refractivity contribution is 0.0952. The fourth-order valence-corrected chi connectivity index (χ4v) is 4.49. The highest BCUT2D eigenvalue weighted by molar-refractivity contribution is 7.99. The predicted octanol–water partition coefficient (Wildman–Crippen LogP) is 5.89. The Kier molecular flexibility index (Phi) is 6.57. The summed E-state index contributed by atoms with van der Waals surface area (Å²) in [5.41, 5.74) is 3.45. The zero-order valence-electron chi connectivity index (χ0n) is 17.2. The number of amides is 1. The summed E-state index contributed by atoms with van der Waals surface area (Å²) in [4.78, 5) is 17.1. The van der Waals surface area contributed by atoms with Crippen molar-refractivity contribution in [1.29, 1.82) is 0 Å². The molecule has 4 nitrogen and oxygen atoms in total. The molecule has 2 N–H and O–H groups in total. The van der Waals surface area contributed by atoms with Crippen LogP contribution < -0.4 is 10.1 Å². The van der Waals surface area contributed by atoms with E-state index in [0.29, 0.717) is 30.2 Å². The van der Waals surface area contributed by atoms with Gasteiger partial charge in [-0.25, -0.2) is 4.39 Å². The van der Waals surface area contributed by atoms with E-state index in [1.807, 2.05) is 37.3 Å². The highest BCUT2D eigenvalue weighted by Gasteiger charge is 2.15. The Balaban J connectivity index is 1.48. The quantitative estimate of drug-likeness (QED) is 0.268. The molecule has 0 radical (unpaired) electrons. The van der Waals surface area contributed by atoms with Crippen molar-refractivity contribution >= 4 is 28.6 Å². The SMILES string of the molecule is CCOc1ccccc1C(=O)NCCSc1c(-c2ccc(F)cc2)[nH]c2ccccc12. The van der Waals surface area contributed by atoms with Gasteiger partial charge in [-0.1, -0.05) is 30.3 Å². The zero-order chi connectivity index (χ0) is 21.6. The Labute approximate surface area is 184 Å². The van der Waals surface area contributed by atoms with Crippen LogP contribution in [0.5, 0.6) is 5.75 Å². The van der Waals surface area contributed by atoms with E-state index in [1.165, 1.54) is 12.1 Å². The van der Waals surface area contributed by atoms with Gasteiger partial charge in [0, 0.05) is 28.1 Å². The Hall–Kier alpha value is -3.25. The fraction of sp³-hybridized carbons (Fsp3) is 0.160. The fourth-order valence-electron chi connectivity index (χ4n) is 3.43. The van der Waals surface area contributed by atoms with Gasteiger partial charge in [0.15, 0.2) is 0 Å². The maximum atomic E-state index is 13.4. The molecule has 4 aromatic rings. The highest BCUT2D eigenvalue weighted by atomic mass is 32.2. The maximum absolute atomic E-state index is 13.4. The van der Waals surface area contributed by atoms with E-state index in [9.17, 15) is 9.18 Å². The Morgan fingerprint density at radius 1 is 1.03 bits per heavy atom. The number of aromatic nitrogens is 1. The number of hydrogen-bond donors (Lipinski definition) is 2. The molecule has 0 spiro atoms. The van der Waals surface area contributed by atoms with Gasteiger partial charge in [0.1, 0.15) is 11.6 Å². The van der Waals surface area contributed by atoms with Gasteiger partial charge < -0.3 is 15.0 Å². The van der Waals surface area contributed by atoms with Gasteiger partial charge in [-0.05, 0) is 55.0 Å². The van der Waals surface area contributed by atoms with Crippen molar-refractivity contribution in [3.63, 3.8) is 0 Å². The number of benzene rings is 3. The lowest BCUT2D eigenvalue weighted by Gasteiger charge is -2.10. The van der Waals surface area contributed by atoms with Crippen LogP contribution >= 0.6 is 11.8 Å². The van der Waals surface area contributed by atoms with Crippen LogP contribution in [-0.4, -0.2) is 29.8 Å². The molecule has 3 aromatic carbocycles. The molecule has 0 saturated heterocycles. The largest absolute Gasteiger partial charge is 0.493 e. The third-order valence-corrected chi connectivity index (χ3v) is 5.98. The van der Waals surface area contributed by atoms with Crippen LogP contribution in [0.15, 0.2) is 77.7 Å². The standard InChI is InChI=1S/C25H23FN2O2S/c1-2-30-22-10-6-4-8-20(22)25(29)27-15-16-31-24-19-7-3-5-9-21(19)28-23(24)17-11-13-18(26)14-12-17/h3-14,28H,2,15-16H2,1H3,(H,27,29). The summed E-state index contributed by atoms with van der Waals surface area (Å²) in [5.74, 6) is 0.871. The van der Waals surface area contributed by atoms with E-state index >= 15 is 0 Å². The van der Waals surface area contributed by atoms with E-state index in [4.69, 9.17) is 4.74 Å². The van der Waals surface area contributed by atoms with Crippen LogP contribution in [0.3, 0.4) is 0 Å². The summed E-state index contributed by atoms with van der Waals surface area (Å²) in [7, 11) is 0. The second-order valence-electron chi connectivity index (χ2n) is 6.92. The number of ether oxygens (including phenoxy) is 1. The molecule has 0 fully saturated rings. The first-order valence-electron chi connectivity index (χ1n) is 10.2. The summed E-state index contributed by atoms with van der Waals surface area (Å²) >= 11 is 1.66. The lowest BCUT2D eigenvalue weighted by Crippen LogP contribution is -2.26. The summed E-state index contributed by atoms with van der Waals surface area (Å²) in [6, 6.07) is 21.8. The molecule has 0 unspecified atom stereocenters. The van der Waals surface area contributed by atoms with Gasteiger partial charge in [-0.15, -0.1) is 11.8 Å². The monoisotopic (exact) mass is 434 g/mol. The van der Waals surface area contributed by atoms with Crippen molar-refractivity contribution < 1.29 is 13.9 Å². The number of aromatic amines is 1. The van der Waals surface area contributed by atoms with Crippen LogP contribution in [0, 0.1) is 5.82 Å². The van der Waals surface area contributed by atoms with E-state index in [0.717, 1.165) is 27.1 Å². The van der Waals surface area contributed by atoms with Crippen molar-refractivity contribution in [2.24, 2.45) is 0 Å². The number of fused-ring (bicyclic) bond motifs is 1. The first-order chi connectivity index (χ1) is 15.2. The number of rotatable bonds is 8. The molecule has 158 valence electrons. The summed E-state index contributed by atoms with van der Waals surface area (Å²) < 4.78 is 18.9. The van der Waals surface area contributed by atoms with Gasteiger partial charge in [0.25, 0.3) is 5.91 Å². The Morgan fingerprint density at radius 2 is 1.77 bits per heavy atom. The minimum atomic E-state index is -0.260. The van der Waals surface area contributed by atoms with E-state index in [2.05, 4.69) is 16.4 Å². The summed E-state index contributed by atoms with van der Waals surface area (Å²) in [6.07, 6.45) is 0. The topological polar surface area (TPSA) is 54.1 Å². The van der Waals surface area contributed by atoms with Gasteiger partial charge in [0.2, 0.25) is 0 Å². The number of nitrogens with one attached hydrogen (secondary N) is 2. The molecule has 0 atom stereocenters. The molecule has 0 saturated carbocycles. The molecule has 0 aliphatic heterocycles. The molecular weight excluding hydrogens is 411 g/mol. The van der Waals surface area contributed by atoms with Crippen LogP contribution in [-0.2, 0) is 0 Å². The van der Waals surface area contributed by atoms with E-state index in [1.54, 1.807) is 36.0 Å². The summed E-state index contributed by atoms with van der Waals surface area (Å²) in [5, 5.41) is 4.09. The molecular formula is C25H23FN2O2S. The second-order valence-corrected chi connectivity index (χ2v) is 8.02. The number of H-pyrrole nitrogens is 1. The number of hydrogen-bond acceptors (Lipinski definition) is 3. The van der Waals surface area contributed by atoms with Crippen molar-refractivity contribution in [3.05, 3.63) is 84.2 Å². The number of carbonyl (C=O) groups excluding carboxylic acids is 1. The third-order valence-electron chi connectivity index (χ3n) is 4.86. The smallest absolute Gasteiger partial charge is 0.255 e. The van der Waals surface area contributed by atoms with Crippen LogP contribution in [0.25, 0.3) is 22.2 Å². The normalized spacial score (nSPS) is 10.9. The van der Waals surface area contributed by atoms with E-state index in [-0.39, 0.29) is 11.7 Å². The zero-order valence-corrected chi connectivity index (χ0v) is 18.0. The summed E-state index contributed by atoms with van der Waals surface area (Å²) in [6.45, 7) is 2.91. The molecule has 0 bridgehead atoms. The lowest BCUT2D eigenvalue weighted by atomic mass is 10.1. The van der Waals surface area contributed by atoms with E-state index < -0.39 is 0 Å². The molecule has 4 rings (SSSR count). The van der Waals surface area contributed by atoms with Gasteiger partial charge >= 0.3 is 0 Å². The number of thioether (sulfide) groups is 1. The van der Waals surface area contributed by atoms with Crippen molar-refractivity contribution in [2.75, 3.05) is 18.9 Å². The average Bonchev–Trinajstić information content (AvgIpc) is 3.16. The van der Waals surface area contributed by atoms with Crippen molar-refractivity contribution in [2.45, 2.75) is 11.8 Å². The highest BCUT2D eigenvalue weighted by Crippen LogP contribution is 2.37. The molecule has 0 aliphatic rings. The Bertz CT molecular complexity index is 1190. The Morgan fingerprint density at radius 3 is 2.58 bits per heavy atom.